The maximum atomic E-state index is 13.0. The van der Waals surface area contributed by atoms with Crippen molar-refractivity contribution >= 4 is 29.3 Å². The average molecular weight is 455 g/mol. The molecule has 166 valence electrons. The average Bonchev–Trinajstić information content (AvgIpc) is 2.82. The van der Waals surface area contributed by atoms with Crippen LogP contribution in [0.5, 0.6) is 11.5 Å². The van der Waals surface area contributed by atoms with Crippen molar-refractivity contribution in [3.05, 3.63) is 83.7 Å². The van der Waals surface area contributed by atoms with Crippen LogP contribution in [-0.2, 0) is 11.3 Å². The summed E-state index contributed by atoms with van der Waals surface area (Å²) in [7, 11) is 3.07. The molecule has 0 heterocycles. The fourth-order valence-electron chi connectivity index (χ4n) is 2.91. The molecule has 0 aliphatic carbocycles. The summed E-state index contributed by atoms with van der Waals surface area (Å²) in [6.45, 7) is 0.276. The third-order valence-corrected chi connectivity index (χ3v) is 5.60. The number of thioether (sulfide) groups is 1. The Labute approximate surface area is 190 Å². The molecule has 2 amide bonds. The van der Waals surface area contributed by atoms with Crippen LogP contribution in [0, 0.1) is 5.82 Å². The lowest BCUT2D eigenvalue weighted by atomic mass is 10.2. The first kappa shape index (κ1) is 23.1. The molecule has 0 saturated carbocycles. The van der Waals surface area contributed by atoms with Crippen molar-refractivity contribution in [3.8, 4) is 11.5 Å². The molecule has 0 aromatic heterocycles. The molecule has 0 aliphatic heterocycles. The minimum absolute atomic E-state index is 0.122. The van der Waals surface area contributed by atoms with E-state index in [2.05, 4.69) is 10.6 Å². The first-order chi connectivity index (χ1) is 15.5. The van der Waals surface area contributed by atoms with Crippen LogP contribution in [0.15, 0.2) is 71.6 Å². The first-order valence-corrected chi connectivity index (χ1v) is 10.7. The van der Waals surface area contributed by atoms with E-state index < -0.39 is 0 Å². The third kappa shape index (κ3) is 6.24. The van der Waals surface area contributed by atoms with E-state index >= 15 is 0 Å². The number of anilines is 1. The second kappa shape index (κ2) is 11.2. The van der Waals surface area contributed by atoms with E-state index in [1.807, 2.05) is 6.07 Å². The Hall–Kier alpha value is -3.52. The van der Waals surface area contributed by atoms with Gasteiger partial charge in [-0.25, -0.2) is 4.39 Å². The Bertz CT molecular complexity index is 1090. The standard InChI is InChI=1S/C24H23FN2O4S/c1-30-20-12-11-18(13-21(20)31-2)27-23(28)15-32-22-6-4-3-5-19(22)24(29)26-14-16-7-9-17(25)10-8-16/h3-13H,14-15H2,1-2H3,(H,26,29)(H,27,28). The summed E-state index contributed by atoms with van der Waals surface area (Å²) < 4.78 is 23.5. The zero-order chi connectivity index (χ0) is 22.9. The first-order valence-electron chi connectivity index (χ1n) is 9.76. The maximum absolute atomic E-state index is 13.0. The van der Waals surface area contributed by atoms with Gasteiger partial charge in [-0.1, -0.05) is 24.3 Å². The maximum Gasteiger partial charge on any atom is 0.252 e. The SMILES string of the molecule is COc1ccc(NC(=O)CSc2ccccc2C(=O)NCc2ccc(F)cc2)cc1OC. The van der Waals surface area contributed by atoms with Gasteiger partial charge in [0.1, 0.15) is 5.82 Å². The molecular formula is C24H23FN2O4S. The van der Waals surface area contributed by atoms with Gasteiger partial charge in [0.2, 0.25) is 5.91 Å². The van der Waals surface area contributed by atoms with Gasteiger partial charge in [0.25, 0.3) is 5.91 Å². The number of halogens is 1. The lowest BCUT2D eigenvalue weighted by Gasteiger charge is -2.12. The normalized spacial score (nSPS) is 10.3. The van der Waals surface area contributed by atoms with Crippen LogP contribution in [0.25, 0.3) is 0 Å². The second-order valence-electron chi connectivity index (χ2n) is 6.71. The highest BCUT2D eigenvalue weighted by molar-refractivity contribution is 8.00. The Morgan fingerprint density at radius 1 is 0.938 bits per heavy atom. The molecule has 0 aliphatic rings. The van der Waals surface area contributed by atoms with Crippen LogP contribution in [0.3, 0.4) is 0 Å². The van der Waals surface area contributed by atoms with E-state index in [0.717, 1.165) is 5.56 Å². The van der Waals surface area contributed by atoms with E-state index in [9.17, 15) is 14.0 Å². The van der Waals surface area contributed by atoms with Gasteiger partial charge in [0, 0.05) is 23.2 Å². The molecule has 0 unspecified atom stereocenters. The summed E-state index contributed by atoms with van der Waals surface area (Å²) in [5.41, 5.74) is 1.84. The van der Waals surface area contributed by atoms with Gasteiger partial charge in [-0.15, -0.1) is 11.8 Å². The number of ether oxygens (including phenoxy) is 2. The number of nitrogens with one attached hydrogen (secondary N) is 2. The number of hydrogen-bond donors (Lipinski definition) is 2. The van der Waals surface area contributed by atoms with E-state index in [1.165, 1.54) is 31.0 Å². The number of hydrogen-bond acceptors (Lipinski definition) is 5. The molecule has 3 rings (SSSR count). The predicted molar refractivity (Wildman–Crippen MR) is 123 cm³/mol. The number of benzene rings is 3. The Kier molecular flexibility index (Phi) is 8.10. The van der Waals surface area contributed by atoms with Crippen LogP contribution in [-0.4, -0.2) is 31.8 Å². The van der Waals surface area contributed by atoms with E-state index in [-0.39, 0.29) is 29.9 Å². The summed E-state index contributed by atoms with van der Waals surface area (Å²) >= 11 is 1.27. The van der Waals surface area contributed by atoms with Crippen molar-refractivity contribution in [3.63, 3.8) is 0 Å². The molecule has 3 aromatic carbocycles. The topological polar surface area (TPSA) is 76.7 Å². The van der Waals surface area contributed by atoms with E-state index in [4.69, 9.17) is 9.47 Å². The molecule has 32 heavy (non-hydrogen) atoms. The van der Waals surface area contributed by atoms with Crippen LogP contribution in [0.4, 0.5) is 10.1 Å². The molecule has 8 heteroatoms. The van der Waals surface area contributed by atoms with Crippen LogP contribution >= 0.6 is 11.8 Å². The lowest BCUT2D eigenvalue weighted by molar-refractivity contribution is -0.113. The van der Waals surface area contributed by atoms with Crippen molar-refractivity contribution < 1.29 is 23.5 Å². The summed E-state index contributed by atoms with van der Waals surface area (Å²) in [4.78, 5) is 25.8. The quantitative estimate of drug-likeness (QED) is 0.466. The molecule has 0 saturated heterocycles. The van der Waals surface area contributed by atoms with Gasteiger partial charge in [-0.3, -0.25) is 9.59 Å². The molecule has 0 atom stereocenters. The van der Waals surface area contributed by atoms with Gasteiger partial charge in [0.05, 0.1) is 25.5 Å². The molecule has 2 N–H and O–H groups in total. The fraction of sp³-hybridized carbons (Fsp3) is 0.167. The second-order valence-corrected chi connectivity index (χ2v) is 7.73. The van der Waals surface area contributed by atoms with Crippen molar-refractivity contribution in [2.24, 2.45) is 0 Å². The fourth-order valence-corrected chi connectivity index (χ4v) is 3.76. The van der Waals surface area contributed by atoms with Gasteiger partial charge in [0.15, 0.2) is 11.5 Å². The molecule has 0 fully saturated rings. The van der Waals surface area contributed by atoms with Crippen LogP contribution in [0.1, 0.15) is 15.9 Å². The van der Waals surface area contributed by atoms with E-state index in [0.29, 0.717) is 27.6 Å². The number of carbonyl (C=O) groups is 2. The third-order valence-electron chi connectivity index (χ3n) is 4.52. The van der Waals surface area contributed by atoms with Gasteiger partial charge in [-0.05, 0) is 42.0 Å². The number of carbonyl (C=O) groups excluding carboxylic acids is 2. The number of amides is 2. The molecule has 3 aromatic rings. The summed E-state index contributed by atoms with van der Waals surface area (Å²) in [6, 6.07) is 18.1. The lowest BCUT2D eigenvalue weighted by Crippen LogP contribution is -2.23. The van der Waals surface area contributed by atoms with Crippen molar-refractivity contribution in [1.29, 1.82) is 0 Å². The van der Waals surface area contributed by atoms with E-state index in [1.54, 1.807) is 55.6 Å². The van der Waals surface area contributed by atoms with Gasteiger partial charge >= 0.3 is 0 Å². The summed E-state index contributed by atoms with van der Waals surface area (Å²) in [5.74, 6) is 0.396. The zero-order valence-electron chi connectivity index (χ0n) is 17.7. The molecular weight excluding hydrogens is 431 g/mol. The largest absolute Gasteiger partial charge is 0.493 e. The monoisotopic (exact) mass is 454 g/mol. The smallest absolute Gasteiger partial charge is 0.252 e. The minimum Gasteiger partial charge on any atom is -0.493 e. The number of methoxy groups -OCH3 is 2. The van der Waals surface area contributed by atoms with Crippen molar-refractivity contribution in [2.45, 2.75) is 11.4 Å². The zero-order valence-corrected chi connectivity index (χ0v) is 18.5. The van der Waals surface area contributed by atoms with Gasteiger partial charge in [-0.2, -0.15) is 0 Å². The van der Waals surface area contributed by atoms with Gasteiger partial charge < -0.3 is 20.1 Å². The summed E-state index contributed by atoms with van der Waals surface area (Å²) in [6.07, 6.45) is 0. The van der Waals surface area contributed by atoms with Crippen LogP contribution < -0.4 is 20.1 Å². The minimum atomic E-state index is -0.326. The summed E-state index contributed by atoms with van der Waals surface area (Å²) in [5, 5.41) is 5.64. The highest BCUT2D eigenvalue weighted by Gasteiger charge is 2.13. The van der Waals surface area contributed by atoms with Crippen molar-refractivity contribution in [1.82, 2.24) is 5.32 Å². The Morgan fingerprint density at radius 2 is 1.66 bits per heavy atom. The molecule has 0 spiro atoms. The highest BCUT2D eigenvalue weighted by Crippen LogP contribution is 2.30. The molecule has 0 bridgehead atoms. The van der Waals surface area contributed by atoms with Crippen LogP contribution in [0.2, 0.25) is 0 Å². The predicted octanol–water partition coefficient (Wildman–Crippen LogP) is 4.50. The molecule has 6 nitrogen and oxygen atoms in total. The Balaban J connectivity index is 1.59. The Morgan fingerprint density at radius 3 is 2.38 bits per heavy atom. The molecule has 0 radical (unpaired) electrons. The highest BCUT2D eigenvalue weighted by atomic mass is 32.2. The number of rotatable bonds is 9. The van der Waals surface area contributed by atoms with Crippen molar-refractivity contribution in [2.75, 3.05) is 25.3 Å².